The number of oxazole rings is 1. The van der Waals surface area contributed by atoms with E-state index < -0.39 is 0 Å². The fraction of sp³-hybridized carbons (Fsp3) is 0. The molecule has 0 radical (unpaired) electrons. The molecule has 11 rings (SSSR count). The summed E-state index contributed by atoms with van der Waals surface area (Å²) < 4.78 is 6.01. The molecule has 0 atom stereocenters. The van der Waals surface area contributed by atoms with Crippen LogP contribution >= 0.6 is 0 Å². The first-order chi connectivity index (χ1) is 28.2. The predicted molar refractivity (Wildman–Crippen MR) is 235 cm³/mol. The van der Waals surface area contributed by atoms with Crippen LogP contribution in [0.5, 0.6) is 0 Å². The van der Waals surface area contributed by atoms with Crippen LogP contribution in [0.4, 0.5) is 0 Å². The largest absolute Gasteiger partial charge is 0.436 e. The van der Waals surface area contributed by atoms with Crippen LogP contribution in [0.1, 0.15) is 0 Å². The van der Waals surface area contributed by atoms with Gasteiger partial charge in [0.25, 0.3) is 0 Å². The third kappa shape index (κ3) is 6.01. The summed E-state index contributed by atoms with van der Waals surface area (Å²) in [4.78, 5) is 15.5. The Labute approximate surface area is 329 Å². The highest BCUT2D eigenvalue weighted by molar-refractivity contribution is 5.99. The number of hydrogen-bond donors (Lipinski definition) is 0. The average molecular weight is 728 g/mol. The molecular formula is C53H33N3O. The van der Waals surface area contributed by atoms with Gasteiger partial charge in [0, 0.05) is 16.7 Å². The van der Waals surface area contributed by atoms with Crippen LogP contribution in [0.15, 0.2) is 205 Å². The molecule has 4 heteroatoms. The van der Waals surface area contributed by atoms with Gasteiger partial charge in [0.2, 0.25) is 5.89 Å². The van der Waals surface area contributed by atoms with Crippen molar-refractivity contribution < 1.29 is 4.42 Å². The molecule has 0 aliphatic carbocycles. The first-order valence-corrected chi connectivity index (χ1v) is 19.2. The molecule has 266 valence electrons. The quantitative estimate of drug-likeness (QED) is 0.171. The van der Waals surface area contributed by atoms with E-state index in [2.05, 4.69) is 175 Å². The van der Waals surface area contributed by atoms with Crippen LogP contribution < -0.4 is 0 Å². The van der Waals surface area contributed by atoms with Gasteiger partial charge in [0.1, 0.15) is 5.52 Å². The van der Waals surface area contributed by atoms with E-state index in [1.165, 1.54) is 21.5 Å². The molecule has 9 aromatic carbocycles. The molecule has 0 bridgehead atoms. The van der Waals surface area contributed by atoms with Gasteiger partial charge in [-0.15, -0.1) is 0 Å². The highest BCUT2D eigenvalue weighted by Crippen LogP contribution is 2.40. The Kier molecular flexibility index (Phi) is 7.78. The Morgan fingerprint density at radius 2 is 0.719 bits per heavy atom. The number of rotatable bonds is 6. The van der Waals surface area contributed by atoms with E-state index in [0.717, 1.165) is 83.6 Å². The summed E-state index contributed by atoms with van der Waals surface area (Å²) in [5, 5.41) is 4.83. The molecule has 0 aliphatic heterocycles. The van der Waals surface area contributed by atoms with Crippen molar-refractivity contribution >= 4 is 43.7 Å². The zero-order valence-electron chi connectivity index (χ0n) is 30.8. The molecule has 0 saturated heterocycles. The van der Waals surface area contributed by atoms with Crippen molar-refractivity contribution in [1.82, 2.24) is 15.0 Å². The first-order valence-electron chi connectivity index (χ1n) is 19.2. The topological polar surface area (TPSA) is 51.8 Å². The lowest BCUT2D eigenvalue weighted by Crippen LogP contribution is -1.97. The second-order valence-electron chi connectivity index (χ2n) is 14.4. The molecule has 0 N–H and O–H groups in total. The van der Waals surface area contributed by atoms with Crippen LogP contribution in [-0.2, 0) is 0 Å². The Balaban J connectivity index is 1.04. The minimum atomic E-state index is 0.620. The number of nitrogens with zero attached hydrogens (tertiary/aromatic N) is 3. The number of para-hydroxylation sites is 2. The number of benzene rings is 9. The molecule has 0 unspecified atom stereocenters. The lowest BCUT2D eigenvalue weighted by Gasteiger charge is -2.16. The highest BCUT2D eigenvalue weighted by atomic mass is 16.3. The Hall–Kier alpha value is -7.69. The van der Waals surface area contributed by atoms with Crippen molar-refractivity contribution in [2.75, 3.05) is 0 Å². The third-order valence-corrected chi connectivity index (χ3v) is 10.9. The molecule has 57 heavy (non-hydrogen) atoms. The summed E-state index contributed by atoms with van der Waals surface area (Å²) in [5.41, 5.74) is 14.7. The Bertz CT molecular complexity index is 3240. The van der Waals surface area contributed by atoms with E-state index >= 15 is 0 Å². The molecule has 4 nitrogen and oxygen atoms in total. The van der Waals surface area contributed by atoms with Gasteiger partial charge in [-0.2, -0.15) is 0 Å². The lowest BCUT2D eigenvalue weighted by molar-refractivity contribution is 0.620. The van der Waals surface area contributed by atoms with Crippen molar-refractivity contribution in [1.29, 1.82) is 0 Å². The normalized spacial score (nSPS) is 11.5. The molecule has 0 spiro atoms. The van der Waals surface area contributed by atoms with Gasteiger partial charge < -0.3 is 4.42 Å². The molecule has 0 amide bonds. The summed E-state index contributed by atoms with van der Waals surface area (Å²) in [5.74, 6) is 0.620. The van der Waals surface area contributed by atoms with E-state index in [1.54, 1.807) is 0 Å². The summed E-state index contributed by atoms with van der Waals surface area (Å²) in [6.45, 7) is 0. The maximum Gasteiger partial charge on any atom is 0.227 e. The number of fused-ring (bicyclic) bond motifs is 4. The summed E-state index contributed by atoms with van der Waals surface area (Å²) in [7, 11) is 0. The minimum absolute atomic E-state index is 0.620. The fourth-order valence-electron chi connectivity index (χ4n) is 7.91. The van der Waals surface area contributed by atoms with E-state index in [0.29, 0.717) is 5.89 Å². The molecule has 0 aliphatic rings. The lowest BCUT2D eigenvalue weighted by atomic mass is 9.91. The van der Waals surface area contributed by atoms with Crippen LogP contribution in [0, 0.1) is 0 Å². The predicted octanol–water partition coefficient (Wildman–Crippen LogP) is 14.1. The van der Waals surface area contributed by atoms with E-state index in [-0.39, 0.29) is 0 Å². The molecule has 2 heterocycles. The van der Waals surface area contributed by atoms with E-state index in [9.17, 15) is 0 Å². The van der Waals surface area contributed by atoms with Gasteiger partial charge >= 0.3 is 0 Å². The summed E-state index contributed by atoms with van der Waals surface area (Å²) in [6, 6.07) is 70.1. The fourth-order valence-corrected chi connectivity index (χ4v) is 7.91. The maximum atomic E-state index is 6.01. The standard InChI is InChI=1S/C53H33N3O/c1-2-12-38(13-3-1)51-52(39-24-18-36(19-25-39)37-20-26-40(27-21-37)53-56-47-16-8-9-17-50(47)57-53)55-49-33-46(44-29-23-35-11-5-7-15-42(35)31-44)45(32-48(49)54-51)43-28-22-34-10-4-6-14-41(34)30-43/h1-33H. The second-order valence-corrected chi connectivity index (χ2v) is 14.4. The van der Waals surface area contributed by atoms with Gasteiger partial charge in [-0.3, -0.25) is 0 Å². The third-order valence-electron chi connectivity index (χ3n) is 10.9. The zero-order chi connectivity index (χ0) is 37.7. The van der Waals surface area contributed by atoms with Crippen LogP contribution in [0.25, 0.3) is 111 Å². The van der Waals surface area contributed by atoms with Crippen molar-refractivity contribution in [2.45, 2.75) is 0 Å². The first kappa shape index (κ1) is 32.7. The van der Waals surface area contributed by atoms with Crippen LogP contribution in [0.2, 0.25) is 0 Å². The van der Waals surface area contributed by atoms with Crippen LogP contribution in [0.3, 0.4) is 0 Å². The molecule has 11 aromatic rings. The number of hydrogen-bond acceptors (Lipinski definition) is 4. The van der Waals surface area contributed by atoms with Crippen molar-refractivity contribution in [3.63, 3.8) is 0 Å². The van der Waals surface area contributed by atoms with Gasteiger partial charge in [-0.1, -0.05) is 152 Å². The second kappa shape index (κ2) is 13.6. The maximum absolute atomic E-state index is 6.01. The average Bonchev–Trinajstić information content (AvgIpc) is 3.73. The summed E-state index contributed by atoms with van der Waals surface area (Å²) in [6.07, 6.45) is 0. The number of aromatic nitrogens is 3. The van der Waals surface area contributed by atoms with E-state index in [4.69, 9.17) is 14.4 Å². The molecule has 0 saturated carbocycles. The molecule has 2 aromatic heterocycles. The van der Waals surface area contributed by atoms with E-state index in [1.807, 2.05) is 30.3 Å². The van der Waals surface area contributed by atoms with Crippen molar-refractivity contribution in [2.24, 2.45) is 0 Å². The Morgan fingerprint density at radius 3 is 1.28 bits per heavy atom. The van der Waals surface area contributed by atoms with Crippen molar-refractivity contribution in [3.8, 4) is 67.3 Å². The molecular weight excluding hydrogens is 695 g/mol. The van der Waals surface area contributed by atoms with Gasteiger partial charge in [-0.25, -0.2) is 15.0 Å². The van der Waals surface area contributed by atoms with Gasteiger partial charge in [0.05, 0.1) is 22.4 Å². The smallest absolute Gasteiger partial charge is 0.227 e. The Morgan fingerprint density at radius 1 is 0.281 bits per heavy atom. The summed E-state index contributed by atoms with van der Waals surface area (Å²) >= 11 is 0. The molecule has 0 fully saturated rings. The van der Waals surface area contributed by atoms with Crippen molar-refractivity contribution in [3.05, 3.63) is 200 Å². The van der Waals surface area contributed by atoms with Gasteiger partial charge in [-0.05, 0) is 103 Å². The van der Waals surface area contributed by atoms with Crippen LogP contribution in [-0.4, -0.2) is 15.0 Å². The highest BCUT2D eigenvalue weighted by Gasteiger charge is 2.18. The van der Waals surface area contributed by atoms with Gasteiger partial charge in [0.15, 0.2) is 5.58 Å². The zero-order valence-corrected chi connectivity index (χ0v) is 30.8. The minimum Gasteiger partial charge on any atom is -0.436 e. The monoisotopic (exact) mass is 727 g/mol. The SMILES string of the molecule is c1ccc(-c2nc3cc(-c4ccc5ccccc5c4)c(-c4ccc5ccccc5c4)cc3nc2-c2ccc(-c3ccc(-c4nc5ccccc5o4)cc3)cc2)cc1.